The van der Waals surface area contributed by atoms with Crippen LogP contribution in [0.2, 0.25) is 0 Å². The second-order valence-electron chi connectivity index (χ2n) is 4.36. The molecular weight excluding hydrogens is 264 g/mol. The van der Waals surface area contributed by atoms with Gasteiger partial charge in [0.05, 0.1) is 12.3 Å². The molecule has 0 aliphatic carbocycles. The summed E-state index contributed by atoms with van der Waals surface area (Å²) in [7, 11) is -3.52. The average Bonchev–Trinajstić information content (AvgIpc) is 2.38. The van der Waals surface area contributed by atoms with Crippen molar-refractivity contribution in [3.05, 3.63) is 29.8 Å². The molecular formula is C13H22N2O3S. The Balaban J connectivity index is 2.87. The summed E-state index contributed by atoms with van der Waals surface area (Å²) >= 11 is 0. The molecule has 0 aliphatic heterocycles. The SMILES string of the molecule is CCCN(CCC)S(=O)(=O)Nc1cccc(CO)c1. The van der Waals surface area contributed by atoms with Crippen molar-refractivity contribution < 1.29 is 13.5 Å². The first kappa shape index (κ1) is 15.9. The quantitative estimate of drug-likeness (QED) is 0.767. The van der Waals surface area contributed by atoms with E-state index in [0.717, 1.165) is 12.8 Å². The van der Waals surface area contributed by atoms with Crippen molar-refractivity contribution in [2.24, 2.45) is 0 Å². The van der Waals surface area contributed by atoms with E-state index in [1.54, 1.807) is 24.3 Å². The van der Waals surface area contributed by atoms with Gasteiger partial charge in [-0.25, -0.2) is 0 Å². The fourth-order valence-corrected chi connectivity index (χ4v) is 3.20. The minimum Gasteiger partial charge on any atom is -0.392 e. The van der Waals surface area contributed by atoms with Crippen LogP contribution >= 0.6 is 0 Å². The Morgan fingerprint density at radius 3 is 2.37 bits per heavy atom. The van der Waals surface area contributed by atoms with E-state index in [0.29, 0.717) is 24.3 Å². The van der Waals surface area contributed by atoms with Crippen molar-refractivity contribution in [2.75, 3.05) is 17.8 Å². The number of hydrogen-bond acceptors (Lipinski definition) is 3. The Hall–Kier alpha value is -1.11. The highest BCUT2D eigenvalue weighted by atomic mass is 32.2. The topological polar surface area (TPSA) is 69.6 Å². The molecule has 0 saturated heterocycles. The molecule has 0 atom stereocenters. The maximum atomic E-state index is 12.2. The summed E-state index contributed by atoms with van der Waals surface area (Å²) < 4.78 is 28.5. The third-order valence-corrected chi connectivity index (χ3v) is 4.18. The highest BCUT2D eigenvalue weighted by molar-refractivity contribution is 7.90. The van der Waals surface area contributed by atoms with Gasteiger partial charge in [-0.2, -0.15) is 12.7 Å². The molecule has 0 amide bonds. The zero-order valence-corrected chi connectivity index (χ0v) is 12.3. The summed E-state index contributed by atoms with van der Waals surface area (Å²) in [5, 5.41) is 9.05. The van der Waals surface area contributed by atoms with Crippen molar-refractivity contribution in [2.45, 2.75) is 33.3 Å². The summed E-state index contributed by atoms with van der Waals surface area (Å²) in [4.78, 5) is 0. The first-order valence-corrected chi connectivity index (χ1v) is 7.95. The molecule has 108 valence electrons. The third kappa shape index (κ3) is 4.81. The van der Waals surface area contributed by atoms with E-state index in [1.165, 1.54) is 4.31 Å². The third-order valence-electron chi connectivity index (χ3n) is 2.64. The van der Waals surface area contributed by atoms with Gasteiger partial charge in [0, 0.05) is 13.1 Å². The van der Waals surface area contributed by atoms with Crippen molar-refractivity contribution in [1.29, 1.82) is 0 Å². The largest absolute Gasteiger partial charge is 0.392 e. The van der Waals surface area contributed by atoms with Crippen LogP contribution in [0, 0.1) is 0 Å². The maximum Gasteiger partial charge on any atom is 0.301 e. The predicted molar refractivity (Wildman–Crippen MR) is 77.1 cm³/mol. The fraction of sp³-hybridized carbons (Fsp3) is 0.538. The molecule has 5 nitrogen and oxygen atoms in total. The van der Waals surface area contributed by atoms with Gasteiger partial charge in [0.25, 0.3) is 0 Å². The Morgan fingerprint density at radius 2 is 1.84 bits per heavy atom. The smallest absolute Gasteiger partial charge is 0.301 e. The summed E-state index contributed by atoms with van der Waals surface area (Å²) in [6, 6.07) is 6.77. The molecule has 0 aromatic heterocycles. The first-order valence-electron chi connectivity index (χ1n) is 6.51. The van der Waals surface area contributed by atoms with Crippen LogP contribution in [0.25, 0.3) is 0 Å². The molecule has 2 N–H and O–H groups in total. The van der Waals surface area contributed by atoms with E-state index in [9.17, 15) is 8.42 Å². The van der Waals surface area contributed by atoms with Gasteiger partial charge in [-0.3, -0.25) is 4.72 Å². The van der Waals surface area contributed by atoms with Crippen molar-refractivity contribution in [3.8, 4) is 0 Å². The molecule has 0 radical (unpaired) electrons. The van der Waals surface area contributed by atoms with Crippen LogP contribution in [0.1, 0.15) is 32.3 Å². The Labute approximate surface area is 115 Å². The number of aliphatic hydroxyl groups excluding tert-OH is 1. The number of benzene rings is 1. The van der Waals surface area contributed by atoms with Gasteiger partial charge < -0.3 is 5.11 Å². The number of nitrogens with zero attached hydrogens (tertiary/aromatic N) is 1. The van der Waals surface area contributed by atoms with Crippen LogP contribution in [0.5, 0.6) is 0 Å². The molecule has 19 heavy (non-hydrogen) atoms. The van der Waals surface area contributed by atoms with Gasteiger partial charge in [-0.1, -0.05) is 26.0 Å². The minimum absolute atomic E-state index is 0.108. The van der Waals surface area contributed by atoms with E-state index >= 15 is 0 Å². The Bertz CT molecular complexity index is 482. The van der Waals surface area contributed by atoms with Crippen molar-refractivity contribution in [1.82, 2.24) is 4.31 Å². The van der Waals surface area contributed by atoms with Crippen LogP contribution in [0.4, 0.5) is 5.69 Å². The highest BCUT2D eigenvalue weighted by Crippen LogP contribution is 2.14. The Morgan fingerprint density at radius 1 is 1.21 bits per heavy atom. The van der Waals surface area contributed by atoms with Crippen LogP contribution in [0.3, 0.4) is 0 Å². The minimum atomic E-state index is -3.52. The molecule has 0 spiro atoms. The molecule has 1 aromatic carbocycles. The number of hydrogen-bond donors (Lipinski definition) is 2. The van der Waals surface area contributed by atoms with Crippen LogP contribution in [-0.2, 0) is 16.8 Å². The van der Waals surface area contributed by atoms with Gasteiger partial charge in [0.15, 0.2) is 0 Å². The first-order chi connectivity index (χ1) is 9.03. The average molecular weight is 286 g/mol. The Kier molecular flexibility index (Phi) is 6.27. The predicted octanol–water partition coefficient (Wildman–Crippen LogP) is 1.96. The lowest BCUT2D eigenvalue weighted by atomic mass is 10.2. The van der Waals surface area contributed by atoms with Gasteiger partial charge in [0.2, 0.25) is 0 Å². The van der Waals surface area contributed by atoms with Gasteiger partial charge >= 0.3 is 10.2 Å². The molecule has 1 rings (SSSR count). The van der Waals surface area contributed by atoms with Crippen molar-refractivity contribution >= 4 is 15.9 Å². The normalized spacial score (nSPS) is 11.8. The van der Waals surface area contributed by atoms with E-state index in [1.807, 2.05) is 13.8 Å². The summed E-state index contributed by atoms with van der Waals surface area (Å²) in [6.07, 6.45) is 1.55. The molecule has 1 aromatic rings. The highest BCUT2D eigenvalue weighted by Gasteiger charge is 2.20. The van der Waals surface area contributed by atoms with E-state index in [2.05, 4.69) is 4.72 Å². The maximum absolute atomic E-state index is 12.2. The number of rotatable bonds is 8. The lowest BCUT2D eigenvalue weighted by Gasteiger charge is -2.21. The monoisotopic (exact) mass is 286 g/mol. The summed E-state index contributed by atoms with van der Waals surface area (Å²) in [6.45, 7) is 4.80. The lowest BCUT2D eigenvalue weighted by molar-refractivity contribution is 0.282. The van der Waals surface area contributed by atoms with Crippen LogP contribution in [0.15, 0.2) is 24.3 Å². The zero-order valence-electron chi connectivity index (χ0n) is 11.5. The molecule has 0 aliphatic rings. The molecule has 0 fully saturated rings. The molecule has 0 saturated carbocycles. The standard InChI is InChI=1S/C13H22N2O3S/c1-3-8-15(9-4-2)19(17,18)14-13-7-5-6-12(10-13)11-16/h5-7,10,14,16H,3-4,8-9,11H2,1-2H3. The molecule has 6 heteroatoms. The lowest BCUT2D eigenvalue weighted by Crippen LogP contribution is -2.37. The number of aliphatic hydroxyl groups is 1. The van der Waals surface area contributed by atoms with Crippen molar-refractivity contribution in [3.63, 3.8) is 0 Å². The second kappa shape index (κ2) is 7.47. The van der Waals surface area contributed by atoms with Crippen LogP contribution < -0.4 is 4.72 Å². The van der Waals surface area contributed by atoms with E-state index in [4.69, 9.17) is 5.11 Å². The van der Waals surface area contributed by atoms with Gasteiger partial charge in [-0.05, 0) is 30.5 Å². The molecule has 0 bridgehead atoms. The summed E-state index contributed by atoms with van der Waals surface area (Å²) in [5.41, 5.74) is 1.15. The molecule has 0 unspecified atom stereocenters. The van der Waals surface area contributed by atoms with E-state index in [-0.39, 0.29) is 6.61 Å². The summed E-state index contributed by atoms with van der Waals surface area (Å²) in [5.74, 6) is 0. The van der Waals surface area contributed by atoms with Crippen LogP contribution in [-0.4, -0.2) is 30.9 Å². The second-order valence-corrected chi connectivity index (χ2v) is 6.04. The van der Waals surface area contributed by atoms with Gasteiger partial charge in [-0.15, -0.1) is 0 Å². The van der Waals surface area contributed by atoms with Gasteiger partial charge in [0.1, 0.15) is 0 Å². The molecule has 0 heterocycles. The van der Waals surface area contributed by atoms with E-state index < -0.39 is 10.2 Å². The number of anilines is 1. The number of nitrogens with one attached hydrogen (secondary N) is 1. The fourth-order valence-electron chi connectivity index (χ4n) is 1.80. The zero-order chi connectivity index (χ0) is 14.3.